The van der Waals surface area contributed by atoms with Crippen molar-refractivity contribution in [3.05, 3.63) is 146 Å². The van der Waals surface area contributed by atoms with Gasteiger partial charge in [-0.1, -0.05) is 50.6 Å². The third kappa shape index (κ3) is 3.33. The van der Waals surface area contributed by atoms with Gasteiger partial charge in [0.15, 0.2) is 23.0 Å². The monoisotopic (exact) mass is 444 g/mol. The molecule has 3 aromatic carbocycles. The molecule has 0 saturated heterocycles. The molecule has 3 aromatic rings. The molecule has 34 heavy (non-hydrogen) atoms. The number of rotatable bonds is 6. The van der Waals surface area contributed by atoms with E-state index in [-0.39, 0.29) is 0 Å². The Morgan fingerprint density at radius 3 is 1.24 bits per heavy atom. The highest BCUT2D eigenvalue weighted by molar-refractivity contribution is 5.81. The van der Waals surface area contributed by atoms with Crippen LogP contribution in [0.5, 0.6) is 11.5 Å². The SMILES string of the molecule is C=CC1=C(C=C)N(c2ccc(N3C(C=C)=C(C=C)Oc4ccccc43)cc2)c2ccccc2O1. The van der Waals surface area contributed by atoms with Crippen LogP contribution in [-0.2, 0) is 0 Å². The Kier molecular flexibility index (Phi) is 5.40. The van der Waals surface area contributed by atoms with Crippen LogP contribution in [-0.4, -0.2) is 0 Å². The quantitative estimate of drug-likeness (QED) is 0.386. The largest absolute Gasteiger partial charge is 0.453 e. The maximum atomic E-state index is 6.05. The minimum atomic E-state index is 0.660. The molecule has 4 heteroatoms. The first-order valence-electron chi connectivity index (χ1n) is 10.9. The van der Waals surface area contributed by atoms with Crippen molar-refractivity contribution in [2.45, 2.75) is 0 Å². The number of hydrogen-bond donors (Lipinski definition) is 0. The number of allylic oxidation sites excluding steroid dienone is 4. The zero-order chi connectivity index (χ0) is 23.7. The number of nitrogens with zero attached hydrogens (tertiary/aromatic N) is 2. The molecular weight excluding hydrogens is 420 g/mol. The second-order valence-corrected chi connectivity index (χ2v) is 7.64. The van der Waals surface area contributed by atoms with Crippen LogP contribution in [0.15, 0.2) is 146 Å². The molecule has 166 valence electrons. The van der Waals surface area contributed by atoms with Crippen LogP contribution in [0, 0.1) is 0 Å². The molecule has 0 amide bonds. The maximum Gasteiger partial charge on any atom is 0.151 e. The number of anilines is 4. The van der Waals surface area contributed by atoms with Gasteiger partial charge in [-0.3, -0.25) is 0 Å². The highest BCUT2D eigenvalue weighted by Gasteiger charge is 2.27. The van der Waals surface area contributed by atoms with Gasteiger partial charge in [0, 0.05) is 11.4 Å². The van der Waals surface area contributed by atoms with E-state index in [1.807, 2.05) is 48.5 Å². The summed E-state index contributed by atoms with van der Waals surface area (Å²) in [6.07, 6.45) is 6.98. The van der Waals surface area contributed by atoms with Crippen molar-refractivity contribution in [3.8, 4) is 11.5 Å². The Bertz CT molecular complexity index is 1270. The first-order valence-corrected chi connectivity index (χ1v) is 10.9. The predicted molar refractivity (Wildman–Crippen MR) is 140 cm³/mol. The van der Waals surface area contributed by atoms with Crippen LogP contribution in [0.3, 0.4) is 0 Å². The Hall–Kier alpha value is -4.70. The molecule has 0 N–H and O–H groups in total. The van der Waals surface area contributed by atoms with Gasteiger partial charge in [-0.25, -0.2) is 0 Å². The van der Waals surface area contributed by atoms with E-state index < -0.39 is 0 Å². The molecule has 0 spiro atoms. The zero-order valence-corrected chi connectivity index (χ0v) is 18.8. The molecule has 0 fully saturated rings. The van der Waals surface area contributed by atoms with E-state index in [1.165, 1.54) is 0 Å². The molecule has 0 atom stereocenters. The third-order valence-corrected chi connectivity index (χ3v) is 5.76. The Balaban J connectivity index is 1.62. The van der Waals surface area contributed by atoms with Crippen molar-refractivity contribution in [1.29, 1.82) is 0 Å². The van der Waals surface area contributed by atoms with Crippen molar-refractivity contribution >= 4 is 22.7 Å². The minimum Gasteiger partial charge on any atom is -0.453 e. The molecule has 0 radical (unpaired) electrons. The number of para-hydroxylation sites is 4. The van der Waals surface area contributed by atoms with Crippen LogP contribution >= 0.6 is 0 Å². The molecule has 0 aliphatic carbocycles. The van der Waals surface area contributed by atoms with Crippen LogP contribution < -0.4 is 19.3 Å². The summed E-state index contributed by atoms with van der Waals surface area (Å²) in [5, 5.41) is 0. The van der Waals surface area contributed by atoms with Crippen LogP contribution in [0.4, 0.5) is 22.7 Å². The lowest BCUT2D eigenvalue weighted by Crippen LogP contribution is -2.24. The molecule has 2 heterocycles. The second-order valence-electron chi connectivity index (χ2n) is 7.64. The number of benzene rings is 3. The van der Waals surface area contributed by atoms with Crippen molar-refractivity contribution in [2.75, 3.05) is 9.80 Å². The van der Waals surface area contributed by atoms with Gasteiger partial charge in [0.25, 0.3) is 0 Å². The normalized spacial score (nSPS) is 14.5. The molecule has 2 aliphatic rings. The van der Waals surface area contributed by atoms with Gasteiger partial charge < -0.3 is 19.3 Å². The lowest BCUT2D eigenvalue weighted by atomic mass is 10.1. The highest BCUT2D eigenvalue weighted by Crippen LogP contribution is 2.45. The summed E-state index contributed by atoms with van der Waals surface area (Å²) < 4.78 is 12.1. The Morgan fingerprint density at radius 2 is 0.882 bits per heavy atom. The topological polar surface area (TPSA) is 24.9 Å². The van der Waals surface area contributed by atoms with E-state index in [0.29, 0.717) is 11.5 Å². The van der Waals surface area contributed by atoms with Crippen molar-refractivity contribution in [2.24, 2.45) is 0 Å². The number of fused-ring (bicyclic) bond motifs is 2. The maximum absolute atomic E-state index is 6.05. The van der Waals surface area contributed by atoms with Gasteiger partial charge in [-0.05, 0) is 72.8 Å². The fraction of sp³-hybridized carbons (Fsp3) is 0. The third-order valence-electron chi connectivity index (χ3n) is 5.76. The standard InChI is InChI=1S/C30H24N2O2/c1-5-23-27(7-3)33-29-15-11-9-13-25(29)31(23)21-17-19-22(20-18-21)32-24(6-2)28(8-4)34-30-16-12-10-14-26(30)32/h5-20H,1-4H2. The zero-order valence-electron chi connectivity index (χ0n) is 18.8. The lowest BCUT2D eigenvalue weighted by molar-refractivity contribution is 0.431. The van der Waals surface area contributed by atoms with Crippen LogP contribution in [0.2, 0.25) is 0 Å². The smallest absolute Gasteiger partial charge is 0.151 e. The van der Waals surface area contributed by atoms with Crippen LogP contribution in [0.25, 0.3) is 0 Å². The Morgan fingerprint density at radius 1 is 0.500 bits per heavy atom. The summed E-state index contributed by atoms with van der Waals surface area (Å²) in [4.78, 5) is 4.25. The predicted octanol–water partition coefficient (Wildman–Crippen LogP) is 7.91. The van der Waals surface area contributed by atoms with E-state index >= 15 is 0 Å². The summed E-state index contributed by atoms with van der Waals surface area (Å²) in [6, 6.07) is 24.2. The van der Waals surface area contributed by atoms with Gasteiger partial charge >= 0.3 is 0 Å². The van der Waals surface area contributed by atoms with Gasteiger partial charge in [0.05, 0.1) is 22.8 Å². The van der Waals surface area contributed by atoms with E-state index in [1.54, 1.807) is 24.3 Å². The summed E-state index contributed by atoms with van der Waals surface area (Å²) in [6.45, 7) is 15.8. The van der Waals surface area contributed by atoms with E-state index in [0.717, 1.165) is 45.6 Å². The summed E-state index contributed by atoms with van der Waals surface area (Å²) in [5.41, 5.74) is 5.49. The van der Waals surface area contributed by atoms with E-state index in [2.05, 4.69) is 60.4 Å². The molecule has 0 saturated carbocycles. The lowest BCUT2D eigenvalue weighted by Gasteiger charge is -2.35. The van der Waals surface area contributed by atoms with Gasteiger partial charge in [-0.2, -0.15) is 0 Å². The number of ether oxygens (including phenoxy) is 2. The average molecular weight is 445 g/mol. The van der Waals surface area contributed by atoms with Gasteiger partial charge in [0.1, 0.15) is 0 Å². The number of hydrogen-bond acceptors (Lipinski definition) is 4. The van der Waals surface area contributed by atoms with Crippen molar-refractivity contribution in [1.82, 2.24) is 0 Å². The molecule has 0 aromatic heterocycles. The highest BCUT2D eigenvalue weighted by atomic mass is 16.5. The van der Waals surface area contributed by atoms with Gasteiger partial charge in [0.2, 0.25) is 0 Å². The summed E-state index contributed by atoms with van der Waals surface area (Å²) >= 11 is 0. The fourth-order valence-corrected chi connectivity index (χ4v) is 4.26. The van der Waals surface area contributed by atoms with Crippen LogP contribution in [0.1, 0.15) is 0 Å². The van der Waals surface area contributed by atoms with Gasteiger partial charge in [-0.15, -0.1) is 0 Å². The molecule has 0 unspecified atom stereocenters. The van der Waals surface area contributed by atoms with E-state index in [9.17, 15) is 0 Å². The molecular formula is C30H24N2O2. The first-order chi connectivity index (χ1) is 16.7. The molecule has 4 nitrogen and oxygen atoms in total. The van der Waals surface area contributed by atoms with E-state index in [4.69, 9.17) is 9.47 Å². The Labute approximate surface area is 200 Å². The molecule has 0 bridgehead atoms. The molecule has 2 aliphatic heterocycles. The average Bonchev–Trinajstić information content (AvgIpc) is 2.90. The fourth-order valence-electron chi connectivity index (χ4n) is 4.26. The molecule has 5 rings (SSSR count). The first kappa shape index (κ1) is 21.2. The van der Waals surface area contributed by atoms with Crippen molar-refractivity contribution < 1.29 is 9.47 Å². The minimum absolute atomic E-state index is 0.660. The summed E-state index contributed by atoms with van der Waals surface area (Å²) in [5.74, 6) is 2.85. The van der Waals surface area contributed by atoms with Crippen molar-refractivity contribution in [3.63, 3.8) is 0 Å². The summed E-state index contributed by atoms with van der Waals surface area (Å²) in [7, 11) is 0. The second kappa shape index (κ2) is 8.68.